The summed E-state index contributed by atoms with van der Waals surface area (Å²) in [6, 6.07) is 23.8. The van der Waals surface area contributed by atoms with Crippen molar-refractivity contribution in [3.8, 4) is 17.3 Å². The number of anilines is 2. The van der Waals surface area contributed by atoms with Gasteiger partial charge < -0.3 is 10.6 Å². The van der Waals surface area contributed by atoms with Crippen LogP contribution < -0.4 is 10.6 Å². The molecule has 0 aliphatic rings. The number of pyridine rings is 1. The first-order valence-electron chi connectivity index (χ1n) is 8.77. The molecule has 0 bridgehead atoms. The van der Waals surface area contributed by atoms with Crippen molar-refractivity contribution in [2.45, 2.75) is 19.9 Å². The molecular formula is C22H22N4. The number of nitrogen functional groups attached to an aromatic ring is 1. The van der Waals surface area contributed by atoms with Gasteiger partial charge in [0.05, 0.1) is 17.3 Å². The first-order chi connectivity index (χ1) is 12.7. The molecule has 0 amide bonds. The smallest absolute Gasteiger partial charge is 0.131 e. The second kappa shape index (κ2) is 8.17. The van der Waals surface area contributed by atoms with Crippen LogP contribution in [0, 0.1) is 11.3 Å². The van der Waals surface area contributed by atoms with Gasteiger partial charge in [0, 0.05) is 30.4 Å². The van der Waals surface area contributed by atoms with Gasteiger partial charge in [-0.2, -0.15) is 5.26 Å². The summed E-state index contributed by atoms with van der Waals surface area (Å²) < 4.78 is 0. The van der Waals surface area contributed by atoms with E-state index in [9.17, 15) is 5.26 Å². The SMILES string of the molecule is CCCN(Cc1ccccc1)c1cc(N)cc(-c2ccccc2C#N)n1. The maximum atomic E-state index is 9.39. The maximum Gasteiger partial charge on any atom is 0.131 e. The average Bonchev–Trinajstić information content (AvgIpc) is 2.68. The van der Waals surface area contributed by atoms with Crippen molar-refractivity contribution in [2.75, 3.05) is 17.2 Å². The lowest BCUT2D eigenvalue weighted by Gasteiger charge is -2.24. The molecular weight excluding hydrogens is 320 g/mol. The summed E-state index contributed by atoms with van der Waals surface area (Å²) in [4.78, 5) is 7.05. The van der Waals surface area contributed by atoms with Crippen LogP contribution in [0.15, 0.2) is 66.7 Å². The van der Waals surface area contributed by atoms with Gasteiger partial charge in [-0.3, -0.25) is 0 Å². The largest absolute Gasteiger partial charge is 0.399 e. The average molecular weight is 342 g/mol. The lowest BCUT2D eigenvalue weighted by molar-refractivity contribution is 0.755. The standard InChI is InChI=1S/C22H22N4/c1-2-12-26(16-17-8-4-3-5-9-17)22-14-19(24)13-21(25-22)20-11-7-6-10-18(20)15-23/h3-11,13-14H,2,12,16H2,1H3,(H2,24,25). The monoisotopic (exact) mass is 342 g/mol. The molecule has 0 fully saturated rings. The Morgan fingerprint density at radius 2 is 1.77 bits per heavy atom. The number of aromatic nitrogens is 1. The fourth-order valence-corrected chi connectivity index (χ4v) is 2.99. The van der Waals surface area contributed by atoms with Crippen LogP contribution in [-0.4, -0.2) is 11.5 Å². The number of benzene rings is 2. The van der Waals surface area contributed by atoms with Gasteiger partial charge in [0.25, 0.3) is 0 Å². The molecule has 0 saturated heterocycles. The summed E-state index contributed by atoms with van der Waals surface area (Å²) in [5.41, 5.74) is 10.2. The summed E-state index contributed by atoms with van der Waals surface area (Å²) in [5, 5.41) is 9.39. The van der Waals surface area contributed by atoms with Crippen molar-refractivity contribution < 1.29 is 0 Å². The fourth-order valence-electron chi connectivity index (χ4n) is 2.99. The molecule has 2 N–H and O–H groups in total. The van der Waals surface area contributed by atoms with E-state index in [1.165, 1.54) is 5.56 Å². The van der Waals surface area contributed by atoms with E-state index in [0.717, 1.165) is 36.6 Å². The Kier molecular flexibility index (Phi) is 5.50. The number of nitriles is 1. The third-order valence-corrected chi connectivity index (χ3v) is 4.19. The highest BCUT2D eigenvalue weighted by molar-refractivity contribution is 5.72. The van der Waals surface area contributed by atoms with Gasteiger partial charge in [-0.05, 0) is 24.1 Å². The first kappa shape index (κ1) is 17.5. The van der Waals surface area contributed by atoms with E-state index >= 15 is 0 Å². The van der Waals surface area contributed by atoms with Gasteiger partial charge >= 0.3 is 0 Å². The van der Waals surface area contributed by atoms with E-state index < -0.39 is 0 Å². The van der Waals surface area contributed by atoms with Crippen LogP contribution in [-0.2, 0) is 6.54 Å². The Bertz CT molecular complexity index is 913. The highest BCUT2D eigenvalue weighted by atomic mass is 15.2. The topological polar surface area (TPSA) is 65.9 Å². The lowest BCUT2D eigenvalue weighted by atomic mass is 10.0. The Labute approximate surface area is 154 Å². The summed E-state index contributed by atoms with van der Waals surface area (Å²) in [6.07, 6.45) is 1.01. The zero-order chi connectivity index (χ0) is 18.4. The molecule has 130 valence electrons. The van der Waals surface area contributed by atoms with Crippen molar-refractivity contribution in [2.24, 2.45) is 0 Å². The number of rotatable bonds is 6. The van der Waals surface area contributed by atoms with Gasteiger partial charge in [-0.1, -0.05) is 55.5 Å². The van der Waals surface area contributed by atoms with Crippen molar-refractivity contribution in [1.82, 2.24) is 4.98 Å². The summed E-state index contributed by atoms with van der Waals surface area (Å²) in [7, 11) is 0. The summed E-state index contributed by atoms with van der Waals surface area (Å²) >= 11 is 0. The molecule has 4 nitrogen and oxygen atoms in total. The quantitative estimate of drug-likeness (QED) is 0.710. The first-order valence-corrected chi connectivity index (χ1v) is 8.77. The third kappa shape index (κ3) is 4.01. The highest BCUT2D eigenvalue weighted by Crippen LogP contribution is 2.27. The Balaban J connectivity index is 2.00. The number of nitrogens with two attached hydrogens (primary N) is 1. The van der Waals surface area contributed by atoms with Crippen LogP contribution in [0.1, 0.15) is 24.5 Å². The maximum absolute atomic E-state index is 9.39. The van der Waals surface area contributed by atoms with E-state index in [0.29, 0.717) is 11.3 Å². The second-order valence-electron chi connectivity index (χ2n) is 6.21. The Morgan fingerprint density at radius 1 is 1.04 bits per heavy atom. The molecule has 1 heterocycles. The third-order valence-electron chi connectivity index (χ3n) is 4.19. The van der Waals surface area contributed by atoms with Gasteiger partial charge in [0.1, 0.15) is 5.82 Å². The molecule has 0 saturated carbocycles. The van der Waals surface area contributed by atoms with Crippen molar-refractivity contribution in [1.29, 1.82) is 5.26 Å². The highest BCUT2D eigenvalue weighted by Gasteiger charge is 2.13. The van der Waals surface area contributed by atoms with Gasteiger partial charge in [0.15, 0.2) is 0 Å². The molecule has 3 rings (SSSR count). The molecule has 26 heavy (non-hydrogen) atoms. The van der Waals surface area contributed by atoms with E-state index in [-0.39, 0.29) is 0 Å². The molecule has 0 atom stereocenters. The molecule has 3 aromatic rings. The van der Waals surface area contributed by atoms with E-state index in [1.807, 2.05) is 48.5 Å². The van der Waals surface area contributed by atoms with Gasteiger partial charge in [-0.15, -0.1) is 0 Å². The minimum absolute atomic E-state index is 0.599. The predicted octanol–water partition coefficient (Wildman–Crippen LogP) is 4.62. The van der Waals surface area contributed by atoms with Gasteiger partial charge in [0.2, 0.25) is 0 Å². The van der Waals surface area contributed by atoms with E-state index in [1.54, 1.807) is 6.07 Å². The van der Waals surface area contributed by atoms with Crippen LogP contribution in [0.2, 0.25) is 0 Å². The zero-order valence-corrected chi connectivity index (χ0v) is 14.9. The van der Waals surface area contributed by atoms with Crippen molar-refractivity contribution >= 4 is 11.5 Å². The molecule has 0 aliphatic heterocycles. The van der Waals surface area contributed by atoms with Gasteiger partial charge in [-0.25, -0.2) is 4.98 Å². The molecule has 1 aromatic heterocycles. The van der Waals surface area contributed by atoms with Crippen LogP contribution in [0.3, 0.4) is 0 Å². The van der Waals surface area contributed by atoms with Crippen LogP contribution in [0.5, 0.6) is 0 Å². The van der Waals surface area contributed by atoms with Crippen LogP contribution in [0.4, 0.5) is 11.5 Å². The molecule has 0 aliphatic carbocycles. The molecule has 0 radical (unpaired) electrons. The minimum atomic E-state index is 0.599. The number of nitrogens with zero attached hydrogens (tertiary/aromatic N) is 3. The van der Waals surface area contributed by atoms with Crippen LogP contribution in [0.25, 0.3) is 11.3 Å². The lowest BCUT2D eigenvalue weighted by Crippen LogP contribution is -2.24. The molecule has 2 aromatic carbocycles. The summed E-state index contributed by atoms with van der Waals surface area (Å²) in [5.74, 6) is 0.832. The Hall–Kier alpha value is -3.32. The van der Waals surface area contributed by atoms with E-state index in [2.05, 4.69) is 30.0 Å². The number of hydrogen-bond acceptors (Lipinski definition) is 4. The second-order valence-corrected chi connectivity index (χ2v) is 6.21. The summed E-state index contributed by atoms with van der Waals surface area (Å²) in [6.45, 7) is 3.80. The van der Waals surface area contributed by atoms with Crippen molar-refractivity contribution in [3.63, 3.8) is 0 Å². The fraction of sp³-hybridized carbons (Fsp3) is 0.182. The molecule has 0 unspecified atom stereocenters. The van der Waals surface area contributed by atoms with E-state index in [4.69, 9.17) is 10.7 Å². The molecule has 0 spiro atoms. The zero-order valence-electron chi connectivity index (χ0n) is 14.9. The normalized spacial score (nSPS) is 10.3. The van der Waals surface area contributed by atoms with Crippen LogP contribution >= 0.6 is 0 Å². The molecule has 4 heteroatoms. The minimum Gasteiger partial charge on any atom is -0.399 e. The van der Waals surface area contributed by atoms with Crippen molar-refractivity contribution in [3.05, 3.63) is 77.9 Å². The number of hydrogen-bond donors (Lipinski definition) is 1. The predicted molar refractivity (Wildman–Crippen MR) is 107 cm³/mol. The Morgan fingerprint density at radius 3 is 2.50 bits per heavy atom.